The summed E-state index contributed by atoms with van der Waals surface area (Å²) in [6, 6.07) is 8.40. The summed E-state index contributed by atoms with van der Waals surface area (Å²) < 4.78 is 1.15. The number of rotatable bonds is 6. The van der Waals surface area contributed by atoms with Gasteiger partial charge in [0.25, 0.3) is 0 Å². The van der Waals surface area contributed by atoms with Crippen LogP contribution in [0.2, 0.25) is 0 Å². The van der Waals surface area contributed by atoms with Crippen molar-refractivity contribution in [3.05, 3.63) is 39.1 Å². The molecule has 0 radical (unpaired) electrons. The Labute approximate surface area is 140 Å². The number of nitrogens with one attached hydrogen (secondary N) is 1. The lowest BCUT2D eigenvalue weighted by Gasteiger charge is -2.12. The van der Waals surface area contributed by atoms with Crippen molar-refractivity contribution in [1.29, 1.82) is 0 Å². The van der Waals surface area contributed by atoms with Crippen molar-refractivity contribution in [2.24, 2.45) is 0 Å². The van der Waals surface area contributed by atoms with Crippen molar-refractivity contribution < 1.29 is 0 Å². The molecule has 3 nitrogen and oxygen atoms in total. The van der Waals surface area contributed by atoms with Crippen LogP contribution in [-0.2, 0) is 6.42 Å². The third-order valence-electron chi connectivity index (χ3n) is 3.26. The second kappa shape index (κ2) is 7.73. The summed E-state index contributed by atoms with van der Waals surface area (Å²) in [7, 11) is 0. The molecule has 1 heterocycles. The van der Waals surface area contributed by atoms with Crippen LogP contribution >= 0.6 is 22.6 Å². The maximum absolute atomic E-state index is 4.77. The minimum absolute atomic E-state index is 0.817. The summed E-state index contributed by atoms with van der Waals surface area (Å²) in [6.07, 6.45) is 3.16. The monoisotopic (exact) mass is 395 g/mol. The molecule has 2 rings (SSSR count). The van der Waals surface area contributed by atoms with Crippen molar-refractivity contribution in [1.82, 2.24) is 9.97 Å². The molecule has 0 aliphatic heterocycles. The van der Waals surface area contributed by atoms with Gasteiger partial charge in [0.2, 0.25) is 0 Å². The highest BCUT2D eigenvalue weighted by molar-refractivity contribution is 14.1. The Morgan fingerprint density at radius 1 is 1.05 bits per heavy atom. The molecule has 0 atom stereocenters. The molecular weight excluding hydrogens is 373 g/mol. The van der Waals surface area contributed by atoms with Gasteiger partial charge in [-0.05, 0) is 42.4 Å². The van der Waals surface area contributed by atoms with Crippen LogP contribution in [-0.4, -0.2) is 16.5 Å². The van der Waals surface area contributed by atoms with Gasteiger partial charge in [-0.25, -0.2) is 9.97 Å². The van der Waals surface area contributed by atoms with Gasteiger partial charge in [-0.15, -0.1) is 0 Å². The maximum atomic E-state index is 4.77. The minimum Gasteiger partial charge on any atom is -0.369 e. The van der Waals surface area contributed by atoms with Gasteiger partial charge in [0.15, 0.2) is 5.82 Å². The highest BCUT2D eigenvalue weighted by Gasteiger charge is 2.12. The van der Waals surface area contributed by atoms with Crippen LogP contribution in [0.25, 0.3) is 11.4 Å². The molecule has 0 saturated heterocycles. The summed E-state index contributed by atoms with van der Waals surface area (Å²) in [5.74, 6) is 1.78. The Bertz CT molecular complexity index is 594. The van der Waals surface area contributed by atoms with Crippen molar-refractivity contribution in [3.8, 4) is 11.4 Å². The molecule has 0 spiro atoms. The first-order valence-electron chi connectivity index (χ1n) is 7.53. The normalized spacial score (nSPS) is 10.7. The number of halogens is 1. The lowest BCUT2D eigenvalue weighted by atomic mass is 10.1. The molecule has 112 valence electrons. The fourth-order valence-corrected chi connectivity index (χ4v) is 2.79. The lowest BCUT2D eigenvalue weighted by Crippen LogP contribution is -2.09. The standard InChI is InChI=1S/C17H22IN3/c1-4-6-14-15(18)17(19-11-5-2)21-16(20-14)13-9-7-12(3)8-10-13/h7-10H,4-6,11H2,1-3H3,(H,19,20,21). The molecule has 4 heteroatoms. The quantitative estimate of drug-likeness (QED) is 0.712. The second-order valence-electron chi connectivity index (χ2n) is 5.20. The third kappa shape index (κ3) is 4.15. The molecule has 0 fully saturated rings. The second-order valence-corrected chi connectivity index (χ2v) is 6.28. The first kappa shape index (κ1) is 16.2. The summed E-state index contributed by atoms with van der Waals surface area (Å²) in [5.41, 5.74) is 3.47. The molecule has 0 aliphatic rings. The highest BCUT2D eigenvalue weighted by Crippen LogP contribution is 2.25. The molecular formula is C17H22IN3. The number of benzene rings is 1. The zero-order chi connectivity index (χ0) is 15.2. The Morgan fingerprint density at radius 2 is 1.76 bits per heavy atom. The number of nitrogens with zero attached hydrogens (tertiary/aromatic N) is 2. The van der Waals surface area contributed by atoms with Gasteiger partial charge in [0.1, 0.15) is 5.82 Å². The Balaban J connectivity index is 2.44. The molecule has 1 aromatic carbocycles. The van der Waals surface area contributed by atoms with Crippen LogP contribution in [0.15, 0.2) is 24.3 Å². The summed E-state index contributed by atoms with van der Waals surface area (Å²) in [4.78, 5) is 9.49. The van der Waals surface area contributed by atoms with Crippen LogP contribution in [0, 0.1) is 10.5 Å². The fourth-order valence-electron chi connectivity index (χ4n) is 2.09. The molecule has 0 aliphatic carbocycles. The predicted molar refractivity (Wildman–Crippen MR) is 97.7 cm³/mol. The summed E-state index contributed by atoms with van der Waals surface area (Å²) >= 11 is 2.36. The van der Waals surface area contributed by atoms with Crippen molar-refractivity contribution in [2.45, 2.75) is 40.0 Å². The van der Waals surface area contributed by atoms with E-state index in [1.54, 1.807) is 0 Å². The minimum atomic E-state index is 0.817. The van der Waals surface area contributed by atoms with Gasteiger partial charge in [-0.3, -0.25) is 0 Å². The van der Waals surface area contributed by atoms with Crippen molar-refractivity contribution in [3.63, 3.8) is 0 Å². The summed E-state index contributed by atoms with van der Waals surface area (Å²) in [6.45, 7) is 7.37. The van der Waals surface area contributed by atoms with E-state index in [9.17, 15) is 0 Å². The number of aromatic nitrogens is 2. The first-order chi connectivity index (χ1) is 10.2. The van der Waals surface area contributed by atoms with E-state index in [0.717, 1.165) is 52.3 Å². The first-order valence-corrected chi connectivity index (χ1v) is 8.60. The zero-order valence-electron chi connectivity index (χ0n) is 12.9. The van der Waals surface area contributed by atoms with E-state index in [-0.39, 0.29) is 0 Å². The topological polar surface area (TPSA) is 37.8 Å². The van der Waals surface area contributed by atoms with E-state index in [1.807, 2.05) is 0 Å². The van der Waals surface area contributed by atoms with E-state index in [0.29, 0.717) is 0 Å². The van der Waals surface area contributed by atoms with Crippen molar-refractivity contribution >= 4 is 28.4 Å². The van der Waals surface area contributed by atoms with Crippen LogP contribution in [0.4, 0.5) is 5.82 Å². The molecule has 21 heavy (non-hydrogen) atoms. The molecule has 0 saturated carbocycles. The average molecular weight is 395 g/mol. The molecule has 0 bridgehead atoms. The van der Waals surface area contributed by atoms with Gasteiger partial charge in [0.05, 0.1) is 9.26 Å². The van der Waals surface area contributed by atoms with Gasteiger partial charge in [-0.2, -0.15) is 0 Å². The zero-order valence-corrected chi connectivity index (χ0v) is 15.1. The molecule has 0 unspecified atom stereocenters. The Morgan fingerprint density at radius 3 is 2.38 bits per heavy atom. The number of hydrogen-bond acceptors (Lipinski definition) is 3. The van der Waals surface area contributed by atoms with Crippen molar-refractivity contribution in [2.75, 3.05) is 11.9 Å². The summed E-state index contributed by atoms with van der Waals surface area (Å²) in [5, 5.41) is 3.42. The van der Waals surface area contributed by atoms with E-state index in [2.05, 4.69) is 72.9 Å². The predicted octanol–water partition coefficient (Wildman–Crippen LogP) is 4.83. The van der Waals surface area contributed by atoms with Crippen LogP contribution in [0.1, 0.15) is 37.9 Å². The fraction of sp³-hybridized carbons (Fsp3) is 0.412. The van der Waals surface area contributed by atoms with Gasteiger partial charge < -0.3 is 5.32 Å². The van der Waals surface area contributed by atoms with E-state index in [4.69, 9.17) is 9.97 Å². The smallest absolute Gasteiger partial charge is 0.161 e. The van der Waals surface area contributed by atoms with E-state index in [1.165, 1.54) is 5.56 Å². The van der Waals surface area contributed by atoms with Gasteiger partial charge in [0, 0.05) is 12.1 Å². The van der Waals surface area contributed by atoms with Crippen LogP contribution < -0.4 is 5.32 Å². The van der Waals surface area contributed by atoms with E-state index < -0.39 is 0 Å². The largest absolute Gasteiger partial charge is 0.369 e. The number of anilines is 1. The Kier molecular flexibility index (Phi) is 5.96. The Hall–Kier alpha value is -1.17. The maximum Gasteiger partial charge on any atom is 0.161 e. The molecule has 1 aromatic heterocycles. The van der Waals surface area contributed by atoms with Gasteiger partial charge in [-0.1, -0.05) is 50.1 Å². The van der Waals surface area contributed by atoms with Crippen LogP contribution in [0.3, 0.4) is 0 Å². The highest BCUT2D eigenvalue weighted by atomic mass is 127. The molecule has 0 amide bonds. The van der Waals surface area contributed by atoms with E-state index >= 15 is 0 Å². The lowest BCUT2D eigenvalue weighted by molar-refractivity contribution is 0.864. The third-order valence-corrected chi connectivity index (χ3v) is 4.39. The number of aryl methyl sites for hydroxylation is 2. The average Bonchev–Trinajstić information content (AvgIpc) is 2.49. The van der Waals surface area contributed by atoms with Crippen LogP contribution in [0.5, 0.6) is 0 Å². The SMILES string of the molecule is CCCNc1nc(-c2ccc(C)cc2)nc(CCC)c1I. The number of hydrogen-bond donors (Lipinski definition) is 1. The van der Waals surface area contributed by atoms with Gasteiger partial charge >= 0.3 is 0 Å². The molecule has 2 aromatic rings. The molecule has 1 N–H and O–H groups in total.